The van der Waals surface area contributed by atoms with Crippen LogP contribution in [0, 0.1) is 11.8 Å². The zero-order chi connectivity index (χ0) is 12.1. The SMILES string of the molecule is S/C=C(\S)C1C=CC(CCCC2C=CC=C2)=C1. The summed E-state index contributed by atoms with van der Waals surface area (Å²) in [4.78, 5) is 1.02. The molecule has 0 bridgehead atoms. The van der Waals surface area contributed by atoms with Crippen LogP contribution in [0.3, 0.4) is 0 Å². The van der Waals surface area contributed by atoms with Gasteiger partial charge in [0.15, 0.2) is 0 Å². The predicted molar refractivity (Wildman–Crippen MR) is 82.4 cm³/mol. The first kappa shape index (κ1) is 12.8. The molecular weight excluding hydrogens is 244 g/mol. The molecule has 0 radical (unpaired) electrons. The smallest absolute Gasteiger partial charge is 0.0270 e. The molecule has 0 N–H and O–H groups in total. The quantitative estimate of drug-likeness (QED) is 0.659. The van der Waals surface area contributed by atoms with Crippen LogP contribution in [0.25, 0.3) is 0 Å². The van der Waals surface area contributed by atoms with Crippen LogP contribution in [0.4, 0.5) is 0 Å². The lowest BCUT2D eigenvalue weighted by atomic mass is 10.0. The van der Waals surface area contributed by atoms with Gasteiger partial charge in [0.25, 0.3) is 0 Å². The molecule has 0 aromatic rings. The summed E-state index contributed by atoms with van der Waals surface area (Å²) in [5.74, 6) is 1.01. The second-order valence-electron chi connectivity index (χ2n) is 4.51. The maximum atomic E-state index is 4.40. The lowest BCUT2D eigenvalue weighted by Gasteiger charge is -2.05. The van der Waals surface area contributed by atoms with E-state index in [2.05, 4.69) is 67.8 Å². The number of rotatable bonds is 5. The Morgan fingerprint density at radius 3 is 2.71 bits per heavy atom. The molecule has 0 spiro atoms. The van der Waals surface area contributed by atoms with Gasteiger partial charge in [-0.2, -0.15) is 12.6 Å². The summed E-state index contributed by atoms with van der Waals surface area (Å²) in [7, 11) is 0. The zero-order valence-corrected chi connectivity index (χ0v) is 11.6. The molecule has 2 aliphatic carbocycles. The minimum Gasteiger partial charge on any atom is -0.151 e. The minimum absolute atomic E-state index is 0.345. The highest BCUT2D eigenvalue weighted by atomic mass is 32.1. The third-order valence-corrected chi connectivity index (χ3v) is 4.12. The van der Waals surface area contributed by atoms with Crippen LogP contribution in [-0.4, -0.2) is 0 Å². The van der Waals surface area contributed by atoms with Crippen molar-refractivity contribution >= 4 is 25.3 Å². The number of thiol groups is 2. The van der Waals surface area contributed by atoms with Crippen LogP contribution in [0.2, 0.25) is 0 Å². The summed E-state index contributed by atoms with van der Waals surface area (Å²) in [6, 6.07) is 0. The standard InChI is InChI=1S/C15H18S2/c16-11-15(17)14-9-8-13(10-14)7-3-6-12-4-1-2-5-12/h1-2,4-5,8-12,14,16-17H,3,6-7H2/b15-11-. The first-order chi connectivity index (χ1) is 8.29. The van der Waals surface area contributed by atoms with Gasteiger partial charge in [0, 0.05) is 5.92 Å². The average Bonchev–Trinajstić information content (AvgIpc) is 2.99. The Labute approximate surface area is 115 Å². The van der Waals surface area contributed by atoms with Crippen molar-refractivity contribution in [2.24, 2.45) is 11.8 Å². The lowest BCUT2D eigenvalue weighted by Crippen LogP contribution is -1.90. The molecule has 2 heteroatoms. The van der Waals surface area contributed by atoms with Crippen LogP contribution in [0.5, 0.6) is 0 Å². The van der Waals surface area contributed by atoms with E-state index in [0.717, 1.165) is 4.91 Å². The van der Waals surface area contributed by atoms with Crippen molar-refractivity contribution in [1.29, 1.82) is 0 Å². The second kappa shape index (κ2) is 6.36. The van der Waals surface area contributed by atoms with Crippen LogP contribution < -0.4 is 0 Å². The highest BCUT2D eigenvalue weighted by Gasteiger charge is 2.11. The van der Waals surface area contributed by atoms with Crippen molar-refractivity contribution in [2.75, 3.05) is 0 Å². The van der Waals surface area contributed by atoms with Gasteiger partial charge in [-0.3, -0.25) is 0 Å². The molecule has 0 saturated carbocycles. The van der Waals surface area contributed by atoms with Gasteiger partial charge < -0.3 is 0 Å². The molecule has 0 fully saturated rings. The Balaban J connectivity index is 1.75. The van der Waals surface area contributed by atoms with Crippen molar-refractivity contribution < 1.29 is 0 Å². The summed E-state index contributed by atoms with van der Waals surface area (Å²) < 4.78 is 0. The Hall–Kier alpha value is -0.600. The summed E-state index contributed by atoms with van der Waals surface area (Å²) in [6.45, 7) is 0. The second-order valence-corrected chi connectivity index (χ2v) is 5.28. The van der Waals surface area contributed by atoms with E-state index in [1.165, 1.54) is 24.8 Å². The molecule has 0 aromatic carbocycles. The molecular formula is C15H18S2. The summed E-state index contributed by atoms with van der Waals surface area (Å²) >= 11 is 8.53. The molecule has 0 aliphatic heterocycles. The molecule has 0 amide bonds. The van der Waals surface area contributed by atoms with Crippen LogP contribution in [0.1, 0.15) is 19.3 Å². The molecule has 0 heterocycles. The Bertz CT molecular complexity index is 399. The highest BCUT2D eigenvalue weighted by Crippen LogP contribution is 2.29. The van der Waals surface area contributed by atoms with E-state index in [9.17, 15) is 0 Å². The maximum absolute atomic E-state index is 4.40. The normalized spacial score (nSPS) is 23.8. The Morgan fingerprint density at radius 2 is 2.00 bits per heavy atom. The van der Waals surface area contributed by atoms with E-state index in [4.69, 9.17) is 0 Å². The molecule has 0 aromatic heterocycles. The van der Waals surface area contributed by atoms with Crippen LogP contribution in [-0.2, 0) is 0 Å². The zero-order valence-electron chi connectivity index (χ0n) is 9.79. The van der Waals surface area contributed by atoms with Crippen molar-refractivity contribution in [3.05, 3.63) is 58.4 Å². The summed E-state index contributed by atoms with van der Waals surface area (Å²) in [5.41, 5.74) is 1.43. The van der Waals surface area contributed by atoms with Gasteiger partial charge in [-0.15, -0.1) is 12.6 Å². The molecule has 1 atom stereocenters. The van der Waals surface area contributed by atoms with Crippen molar-refractivity contribution in [3.63, 3.8) is 0 Å². The van der Waals surface area contributed by atoms with E-state index in [0.29, 0.717) is 11.8 Å². The van der Waals surface area contributed by atoms with Gasteiger partial charge in [-0.1, -0.05) is 48.1 Å². The molecule has 17 heavy (non-hydrogen) atoms. The van der Waals surface area contributed by atoms with Crippen LogP contribution >= 0.6 is 25.3 Å². The molecule has 2 aliphatic rings. The molecule has 0 nitrogen and oxygen atoms in total. The monoisotopic (exact) mass is 262 g/mol. The van der Waals surface area contributed by atoms with E-state index >= 15 is 0 Å². The topological polar surface area (TPSA) is 0 Å². The number of hydrogen-bond acceptors (Lipinski definition) is 2. The summed E-state index contributed by atoms with van der Waals surface area (Å²) in [5, 5.41) is 1.77. The largest absolute Gasteiger partial charge is 0.151 e. The fraction of sp³-hybridized carbons (Fsp3) is 0.333. The van der Waals surface area contributed by atoms with Gasteiger partial charge in [-0.25, -0.2) is 0 Å². The van der Waals surface area contributed by atoms with E-state index in [-0.39, 0.29) is 0 Å². The van der Waals surface area contributed by atoms with Crippen molar-refractivity contribution in [1.82, 2.24) is 0 Å². The Morgan fingerprint density at radius 1 is 1.24 bits per heavy atom. The summed E-state index contributed by atoms with van der Waals surface area (Å²) in [6.07, 6.45) is 19.2. The van der Waals surface area contributed by atoms with Gasteiger partial charge in [0.1, 0.15) is 0 Å². The highest BCUT2D eigenvalue weighted by molar-refractivity contribution is 7.87. The van der Waals surface area contributed by atoms with Crippen molar-refractivity contribution in [2.45, 2.75) is 19.3 Å². The minimum atomic E-state index is 0.345. The first-order valence-corrected chi connectivity index (χ1v) is 7.03. The average molecular weight is 262 g/mol. The molecule has 90 valence electrons. The van der Waals surface area contributed by atoms with E-state index < -0.39 is 0 Å². The van der Waals surface area contributed by atoms with Crippen molar-refractivity contribution in [3.8, 4) is 0 Å². The number of allylic oxidation sites excluding steroid dienone is 9. The lowest BCUT2D eigenvalue weighted by molar-refractivity contribution is 0.660. The first-order valence-electron chi connectivity index (χ1n) is 6.06. The van der Waals surface area contributed by atoms with E-state index in [1.54, 1.807) is 5.41 Å². The fourth-order valence-electron chi connectivity index (χ4n) is 2.22. The maximum Gasteiger partial charge on any atom is 0.0270 e. The molecule has 2 rings (SSSR count). The van der Waals surface area contributed by atoms with Gasteiger partial charge in [0.2, 0.25) is 0 Å². The predicted octanol–water partition coefficient (Wildman–Crippen LogP) is 4.71. The van der Waals surface area contributed by atoms with E-state index in [1.807, 2.05) is 0 Å². The Kier molecular flexibility index (Phi) is 4.81. The molecule has 1 unspecified atom stereocenters. The third kappa shape index (κ3) is 3.68. The fourth-order valence-corrected chi connectivity index (χ4v) is 2.55. The third-order valence-electron chi connectivity index (χ3n) is 3.22. The van der Waals surface area contributed by atoms with Gasteiger partial charge in [0.05, 0.1) is 0 Å². The van der Waals surface area contributed by atoms with Gasteiger partial charge >= 0.3 is 0 Å². The molecule has 0 saturated heterocycles. The van der Waals surface area contributed by atoms with Gasteiger partial charge in [-0.05, 0) is 35.5 Å². The number of hydrogen-bond donors (Lipinski definition) is 2. The van der Waals surface area contributed by atoms with Crippen LogP contribution in [0.15, 0.2) is 58.4 Å².